The summed E-state index contributed by atoms with van der Waals surface area (Å²) in [7, 11) is 0. The second-order valence-corrected chi connectivity index (χ2v) is 9.66. The number of carboxylic acid groups (broad SMARTS) is 1. The minimum atomic E-state index is -0.797. The number of allylic oxidation sites excluding steroid dienone is 1. The van der Waals surface area contributed by atoms with Gasteiger partial charge in [0.15, 0.2) is 0 Å². The first-order valence-corrected chi connectivity index (χ1v) is 10.2. The van der Waals surface area contributed by atoms with E-state index in [-0.39, 0.29) is 35.1 Å². The minimum Gasteiger partial charge on any atom is -0.481 e. The maximum Gasteiger partial charge on any atom is 0.303 e. The number of ether oxygens (including phenoxy) is 1. The van der Waals surface area contributed by atoms with E-state index < -0.39 is 18.2 Å². The molecule has 5 atom stereocenters. The van der Waals surface area contributed by atoms with Crippen molar-refractivity contribution in [2.24, 2.45) is 22.7 Å². The molecular formula is C22H36O5. The molecule has 2 N–H and O–H groups in total. The molecule has 2 rings (SSSR count). The Morgan fingerprint density at radius 2 is 1.89 bits per heavy atom. The quantitative estimate of drug-likeness (QED) is 0.529. The van der Waals surface area contributed by atoms with Gasteiger partial charge in [0.2, 0.25) is 0 Å². The number of hydrogen-bond acceptors (Lipinski definition) is 4. The molecule has 5 unspecified atom stereocenters. The standard InChI is InChI=1S/C22H36O5/c1-13(12-17(24)25)8-9-16-14(2)18(26)19(27-15(3)23)20-21(4,5)10-7-11-22(16,20)6/h13,18-20,26H,7-12H2,1-6H3,(H,24,25). The van der Waals surface area contributed by atoms with Gasteiger partial charge in [0.05, 0.1) is 0 Å². The van der Waals surface area contributed by atoms with Crippen LogP contribution in [0.3, 0.4) is 0 Å². The van der Waals surface area contributed by atoms with Gasteiger partial charge < -0.3 is 14.9 Å². The molecule has 0 amide bonds. The predicted molar refractivity (Wildman–Crippen MR) is 104 cm³/mol. The van der Waals surface area contributed by atoms with Crippen LogP contribution in [0.5, 0.6) is 0 Å². The molecule has 1 saturated carbocycles. The molecule has 1 fully saturated rings. The average molecular weight is 381 g/mol. The van der Waals surface area contributed by atoms with Crippen LogP contribution < -0.4 is 0 Å². The number of aliphatic hydroxyl groups is 1. The highest BCUT2D eigenvalue weighted by atomic mass is 16.6. The van der Waals surface area contributed by atoms with Gasteiger partial charge in [-0.2, -0.15) is 0 Å². The van der Waals surface area contributed by atoms with Crippen molar-refractivity contribution in [3.63, 3.8) is 0 Å². The van der Waals surface area contributed by atoms with Gasteiger partial charge >= 0.3 is 11.9 Å². The van der Waals surface area contributed by atoms with Gasteiger partial charge in [0.25, 0.3) is 0 Å². The molecule has 0 aromatic carbocycles. The van der Waals surface area contributed by atoms with Crippen LogP contribution in [-0.2, 0) is 14.3 Å². The molecule has 27 heavy (non-hydrogen) atoms. The van der Waals surface area contributed by atoms with E-state index >= 15 is 0 Å². The lowest BCUT2D eigenvalue weighted by Crippen LogP contribution is -2.57. The van der Waals surface area contributed by atoms with Gasteiger partial charge in [-0.1, -0.05) is 39.7 Å². The summed E-state index contributed by atoms with van der Waals surface area (Å²) >= 11 is 0. The summed E-state index contributed by atoms with van der Waals surface area (Å²) in [6.45, 7) is 12.0. The van der Waals surface area contributed by atoms with Crippen molar-refractivity contribution in [1.82, 2.24) is 0 Å². The molecule has 0 aromatic heterocycles. The van der Waals surface area contributed by atoms with Crippen LogP contribution in [-0.4, -0.2) is 34.4 Å². The van der Waals surface area contributed by atoms with Gasteiger partial charge in [0, 0.05) is 19.3 Å². The fourth-order valence-electron chi connectivity index (χ4n) is 5.89. The molecule has 154 valence electrons. The monoisotopic (exact) mass is 380 g/mol. The maximum absolute atomic E-state index is 11.7. The summed E-state index contributed by atoms with van der Waals surface area (Å²) in [4.78, 5) is 22.7. The predicted octanol–water partition coefficient (Wildman–Crippen LogP) is 4.33. The van der Waals surface area contributed by atoms with E-state index in [0.717, 1.165) is 37.7 Å². The zero-order valence-electron chi connectivity index (χ0n) is 17.7. The van der Waals surface area contributed by atoms with E-state index in [2.05, 4.69) is 20.8 Å². The highest BCUT2D eigenvalue weighted by Crippen LogP contribution is 2.61. The smallest absolute Gasteiger partial charge is 0.303 e. The number of carbonyl (C=O) groups is 2. The van der Waals surface area contributed by atoms with E-state index in [1.807, 2.05) is 13.8 Å². The Hall–Kier alpha value is -1.36. The Bertz CT molecular complexity index is 620. The van der Waals surface area contributed by atoms with Crippen molar-refractivity contribution in [1.29, 1.82) is 0 Å². The summed E-state index contributed by atoms with van der Waals surface area (Å²) in [6, 6.07) is 0. The van der Waals surface area contributed by atoms with Crippen molar-refractivity contribution in [3.05, 3.63) is 11.1 Å². The summed E-state index contributed by atoms with van der Waals surface area (Å²) in [5, 5.41) is 20.1. The van der Waals surface area contributed by atoms with E-state index in [0.29, 0.717) is 0 Å². The molecule has 0 spiro atoms. The van der Waals surface area contributed by atoms with Crippen LogP contribution in [0.1, 0.15) is 80.1 Å². The Morgan fingerprint density at radius 1 is 1.26 bits per heavy atom. The second kappa shape index (κ2) is 7.94. The van der Waals surface area contributed by atoms with Crippen LogP contribution in [0, 0.1) is 22.7 Å². The molecule has 0 aromatic rings. The first-order chi connectivity index (χ1) is 12.4. The molecule has 5 heteroatoms. The van der Waals surface area contributed by atoms with E-state index in [1.165, 1.54) is 12.5 Å². The van der Waals surface area contributed by atoms with Crippen molar-refractivity contribution in [3.8, 4) is 0 Å². The lowest BCUT2D eigenvalue weighted by atomic mass is 9.48. The van der Waals surface area contributed by atoms with Crippen molar-refractivity contribution < 1.29 is 24.5 Å². The van der Waals surface area contributed by atoms with Gasteiger partial charge in [0.1, 0.15) is 12.2 Å². The van der Waals surface area contributed by atoms with Crippen molar-refractivity contribution >= 4 is 11.9 Å². The SMILES string of the molecule is CC(=O)OC1C(O)C(C)=C(CCC(C)CC(=O)O)C2(C)CCCC(C)(C)C12. The number of aliphatic hydroxyl groups excluding tert-OH is 1. The van der Waals surface area contributed by atoms with Crippen molar-refractivity contribution in [2.75, 3.05) is 0 Å². The molecule has 5 nitrogen and oxygen atoms in total. The third-order valence-corrected chi connectivity index (χ3v) is 7.01. The highest BCUT2D eigenvalue weighted by Gasteiger charge is 2.57. The zero-order valence-corrected chi connectivity index (χ0v) is 17.7. The number of fused-ring (bicyclic) bond motifs is 1. The third-order valence-electron chi connectivity index (χ3n) is 7.01. The lowest BCUT2D eigenvalue weighted by molar-refractivity contribution is -0.173. The van der Waals surface area contributed by atoms with Gasteiger partial charge in [-0.05, 0) is 54.9 Å². The molecule has 0 bridgehead atoms. The topological polar surface area (TPSA) is 83.8 Å². The number of carboxylic acids is 1. The fraction of sp³-hybridized carbons (Fsp3) is 0.818. The number of carbonyl (C=O) groups excluding carboxylic acids is 1. The molecule has 0 heterocycles. The number of hydrogen-bond donors (Lipinski definition) is 2. The van der Waals surface area contributed by atoms with Crippen molar-refractivity contribution in [2.45, 2.75) is 92.3 Å². The van der Waals surface area contributed by atoms with Crippen LogP contribution in [0.2, 0.25) is 0 Å². The minimum absolute atomic E-state index is 0.0473. The van der Waals surface area contributed by atoms with E-state index in [9.17, 15) is 14.7 Å². The third kappa shape index (κ3) is 4.39. The van der Waals surface area contributed by atoms with Gasteiger partial charge in [-0.15, -0.1) is 0 Å². The first-order valence-electron chi connectivity index (χ1n) is 10.2. The molecule has 0 radical (unpaired) electrons. The summed E-state index contributed by atoms with van der Waals surface area (Å²) < 4.78 is 5.67. The Kier molecular flexibility index (Phi) is 6.45. The van der Waals surface area contributed by atoms with E-state index in [4.69, 9.17) is 9.84 Å². The maximum atomic E-state index is 11.7. The molecule has 2 aliphatic rings. The lowest BCUT2D eigenvalue weighted by Gasteiger charge is -2.58. The van der Waals surface area contributed by atoms with Gasteiger partial charge in [-0.25, -0.2) is 0 Å². The molecule has 0 aliphatic heterocycles. The second-order valence-electron chi connectivity index (χ2n) is 9.66. The Balaban J connectivity index is 2.41. The van der Waals surface area contributed by atoms with E-state index in [1.54, 1.807) is 0 Å². The van der Waals surface area contributed by atoms with Crippen LogP contribution in [0.4, 0.5) is 0 Å². The fourth-order valence-corrected chi connectivity index (χ4v) is 5.89. The number of aliphatic carboxylic acids is 1. The first kappa shape index (κ1) is 21.9. The van der Waals surface area contributed by atoms with Gasteiger partial charge in [-0.3, -0.25) is 9.59 Å². The van der Waals surface area contributed by atoms with Crippen LogP contribution in [0.15, 0.2) is 11.1 Å². The average Bonchev–Trinajstić information content (AvgIpc) is 2.49. The summed E-state index contributed by atoms with van der Waals surface area (Å²) in [5.41, 5.74) is 1.95. The largest absolute Gasteiger partial charge is 0.481 e. The summed E-state index contributed by atoms with van der Waals surface area (Å²) in [6.07, 6.45) is 3.56. The summed E-state index contributed by atoms with van der Waals surface area (Å²) in [5.74, 6) is -0.986. The Morgan fingerprint density at radius 3 is 2.44 bits per heavy atom. The normalized spacial score (nSPS) is 34.0. The highest BCUT2D eigenvalue weighted by molar-refractivity contribution is 5.67. The molecular weight excluding hydrogens is 344 g/mol. The van der Waals surface area contributed by atoms with Crippen LogP contribution in [0.25, 0.3) is 0 Å². The number of esters is 1. The molecule has 2 aliphatic carbocycles. The zero-order chi connectivity index (χ0) is 20.6. The number of rotatable bonds is 6. The Labute approximate surface area is 163 Å². The van der Waals surface area contributed by atoms with Crippen LogP contribution >= 0.6 is 0 Å². The molecule has 0 saturated heterocycles.